The largest absolute Gasteiger partial charge is 0.497 e. The average Bonchev–Trinajstić information content (AvgIpc) is 3.17. The summed E-state index contributed by atoms with van der Waals surface area (Å²) in [5.74, 6) is 1.96. The van der Waals surface area contributed by atoms with Gasteiger partial charge in [-0.3, -0.25) is 9.36 Å². The molecule has 0 aliphatic carbocycles. The van der Waals surface area contributed by atoms with Gasteiger partial charge in [0.25, 0.3) is 5.56 Å². The number of halogens is 1. The molecule has 0 fully saturated rings. The fourth-order valence-electron chi connectivity index (χ4n) is 2.88. The Morgan fingerprint density at radius 1 is 1.19 bits per heavy atom. The van der Waals surface area contributed by atoms with Crippen LogP contribution >= 0.6 is 23.5 Å². The average molecular weight is 401 g/mol. The van der Waals surface area contributed by atoms with Crippen LogP contribution in [0.3, 0.4) is 0 Å². The molecule has 0 bridgehead atoms. The first-order chi connectivity index (χ1) is 13.2. The van der Waals surface area contributed by atoms with Crippen LogP contribution in [-0.4, -0.2) is 22.4 Å². The van der Waals surface area contributed by atoms with Gasteiger partial charge in [0, 0.05) is 17.9 Å². The van der Waals surface area contributed by atoms with E-state index in [0.717, 1.165) is 39.8 Å². The first-order valence-electron chi connectivity index (χ1n) is 8.46. The lowest BCUT2D eigenvalue weighted by Gasteiger charge is -2.14. The normalized spacial score (nSPS) is 12.8. The molecular weight excluding hydrogens is 383 g/mol. The molecule has 27 heavy (non-hydrogen) atoms. The van der Waals surface area contributed by atoms with Crippen molar-refractivity contribution >= 4 is 23.5 Å². The van der Waals surface area contributed by atoms with E-state index in [1.807, 2.05) is 24.3 Å². The van der Waals surface area contributed by atoms with Gasteiger partial charge in [-0.25, -0.2) is 9.37 Å². The SMILES string of the molecule is COc1ccc(-n2c(SCc3ccc(F)cc3)nc3c(c2=O)SCC3)cc1. The van der Waals surface area contributed by atoms with Gasteiger partial charge < -0.3 is 4.74 Å². The fraction of sp³-hybridized carbons (Fsp3) is 0.200. The second-order valence-electron chi connectivity index (χ2n) is 6.02. The number of aryl methyl sites for hydroxylation is 1. The molecule has 1 aliphatic heterocycles. The molecule has 0 unspecified atom stereocenters. The van der Waals surface area contributed by atoms with E-state index in [-0.39, 0.29) is 11.4 Å². The van der Waals surface area contributed by atoms with Gasteiger partial charge in [-0.05, 0) is 42.0 Å². The van der Waals surface area contributed by atoms with Crippen molar-refractivity contribution in [1.82, 2.24) is 9.55 Å². The van der Waals surface area contributed by atoms with Crippen molar-refractivity contribution in [3.8, 4) is 11.4 Å². The lowest BCUT2D eigenvalue weighted by Crippen LogP contribution is -2.23. The maximum absolute atomic E-state index is 13.1. The molecule has 0 saturated heterocycles. The van der Waals surface area contributed by atoms with Crippen molar-refractivity contribution in [3.63, 3.8) is 0 Å². The van der Waals surface area contributed by atoms with Gasteiger partial charge in [-0.2, -0.15) is 0 Å². The summed E-state index contributed by atoms with van der Waals surface area (Å²) in [7, 11) is 1.61. The maximum atomic E-state index is 13.1. The summed E-state index contributed by atoms with van der Waals surface area (Å²) < 4.78 is 20.0. The van der Waals surface area contributed by atoms with Gasteiger partial charge in [0.15, 0.2) is 5.16 Å². The van der Waals surface area contributed by atoms with Crippen LogP contribution in [0.25, 0.3) is 5.69 Å². The minimum atomic E-state index is -0.258. The minimum Gasteiger partial charge on any atom is -0.497 e. The lowest BCUT2D eigenvalue weighted by atomic mass is 10.2. The quantitative estimate of drug-likeness (QED) is 0.471. The third-order valence-corrected chi connectivity index (χ3v) is 6.40. The monoisotopic (exact) mass is 400 g/mol. The van der Waals surface area contributed by atoms with Gasteiger partial charge in [0.1, 0.15) is 11.6 Å². The van der Waals surface area contributed by atoms with Crippen molar-refractivity contribution in [2.24, 2.45) is 0 Å². The smallest absolute Gasteiger partial charge is 0.272 e. The molecule has 0 N–H and O–H groups in total. The van der Waals surface area contributed by atoms with E-state index >= 15 is 0 Å². The van der Waals surface area contributed by atoms with Gasteiger partial charge in [-0.15, -0.1) is 11.8 Å². The number of benzene rings is 2. The molecule has 2 heterocycles. The van der Waals surface area contributed by atoms with Gasteiger partial charge in [0.05, 0.1) is 23.4 Å². The number of methoxy groups -OCH3 is 1. The Morgan fingerprint density at radius 2 is 1.93 bits per heavy atom. The zero-order chi connectivity index (χ0) is 18.8. The summed E-state index contributed by atoms with van der Waals surface area (Å²) in [5.41, 5.74) is 2.57. The topological polar surface area (TPSA) is 44.1 Å². The molecule has 7 heteroatoms. The number of rotatable bonds is 5. The number of ether oxygens (including phenoxy) is 1. The fourth-order valence-corrected chi connectivity index (χ4v) is 4.89. The number of hydrogen-bond acceptors (Lipinski definition) is 5. The highest BCUT2D eigenvalue weighted by Gasteiger charge is 2.22. The van der Waals surface area contributed by atoms with Crippen molar-refractivity contribution in [3.05, 3.63) is 76.0 Å². The lowest BCUT2D eigenvalue weighted by molar-refractivity contribution is 0.414. The summed E-state index contributed by atoms with van der Waals surface area (Å²) in [6.07, 6.45) is 0.808. The van der Waals surface area contributed by atoms with Crippen molar-refractivity contribution in [1.29, 1.82) is 0 Å². The molecule has 3 aromatic rings. The molecular formula is C20H17FN2O2S2. The molecule has 1 aromatic heterocycles. The third kappa shape index (κ3) is 3.75. The Kier molecular flexibility index (Phi) is 5.22. The molecule has 4 nitrogen and oxygen atoms in total. The molecule has 4 rings (SSSR count). The standard InChI is InChI=1S/C20H17FN2O2S2/c1-25-16-8-6-15(7-9-16)23-19(24)18-17(10-11-26-18)22-20(23)27-12-13-2-4-14(21)5-3-13/h2-9H,10-12H2,1H3. The Balaban J connectivity index is 1.73. The highest BCUT2D eigenvalue weighted by molar-refractivity contribution is 7.99. The number of nitrogens with zero attached hydrogens (tertiary/aromatic N) is 2. The number of thioether (sulfide) groups is 2. The Bertz CT molecular complexity index is 1020. The predicted molar refractivity (Wildman–Crippen MR) is 107 cm³/mol. The van der Waals surface area contributed by atoms with E-state index in [1.54, 1.807) is 35.6 Å². The second-order valence-corrected chi connectivity index (χ2v) is 8.07. The van der Waals surface area contributed by atoms with Crippen LogP contribution in [0.5, 0.6) is 5.75 Å². The van der Waals surface area contributed by atoms with Crippen LogP contribution in [0.15, 0.2) is 63.4 Å². The zero-order valence-electron chi connectivity index (χ0n) is 14.6. The number of fused-ring (bicyclic) bond motifs is 1. The highest BCUT2D eigenvalue weighted by Crippen LogP contribution is 2.31. The predicted octanol–water partition coefficient (Wildman–Crippen LogP) is 4.32. The Hall–Kier alpha value is -2.25. The van der Waals surface area contributed by atoms with Gasteiger partial charge >= 0.3 is 0 Å². The molecule has 0 saturated carbocycles. The van der Waals surface area contributed by atoms with E-state index in [0.29, 0.717) is 10.9 Å². The second kappa shape index (κ2) is 7.78. The number of hydrogen-bond donors (Lipinski definition) is 0. The molecule has 1 aliphatic rings. The van der Waals surface area contributed by atoms with E-state index in [2.05, 4.69) is 0 Å². The summed E-state index contributed by atoms with van der Waals surface area (Å²) in [6.45, 7) is 0. The third-order valence-electron chi connectivity index (χ3n) is 4.28. The van der Waals surface area contributed by atoms with E-state index < -0.39 is 0 Å². The highest BCUT2D eigenvalue weighted by atomic mass is 32.2. The van der Waals surface area contributed by atoms with Crippen LogP contribution in [0.2, 0.25) is 0 Å². The first kappa shape index (κ1) is 18.1. The summed E-state index contributed by atoms with van der Waals surface area (Å²) in [4.78, 5) is 18.6. The molecule has 0 atom stereocenters. The van der Waals surface area contributed by atoms with Crippen LogP contribution < -0.4 is 10.3 Å². The van der Waals surface area contributed by atoms with Gasteiger partial charge in [-0.1, -0.05) is 23.9 Å². The van der Waals surface area contributed by atoms with Crippen LogP contribution in [0.1, 0.15) is 11.3 Å². The van der Waals surface area contributed by atoms with E-state index in [4.69, 9.17) is 9.72 Å². The summed E-state index contributed by atoms with van der Waals surface area (Å²) in [6, 6.07) is 13.8. The van der Waals surface area contributed by atoms with Crippen LogP contribution in [0, 0.1) is 5.82 Å². The molecule has 0 radical (unpaired) electrons. The van der Waals surface area contributed by atoms with Crippen molar-refractivity contribution in [2.75, 3.05) is 12.9 Å². The molecule has 138 valence electrons. The van der Waals surface area contributed by atoms with Crippen molar-refractivity contribution < 1.29 is 9.13 Å². The van der Waals surface area contributed by atoms with Crippen LogP contribution in [-0.2, 0) is 12.2 Å². The molecule has 0 spiro atoms. The van der Waals surface area contributed by atoms with E-state index in [1.165, 1.54) is 23.9 Å². The van der Waals surface area contributed by atoms with E-state index in [9.17, 15) is 9.18 Å². The Labute approximate surface area is 164 Å². The summed E-state index contributed by atoms with van der Waals surface area (Å²) in [5, 5.41) is 0.649. The zero-order valence-corrected chi connectivity index (χ0v) is 16.3. The Morgan fingerprint density at radius 3 is 2.63 bits per heavy atom. The molecule has 0 amide bonds. The van der Waals surface area contributed by atoms with Crippen molar-refractivity contribution in [2.45, 2.75) is 22.2 Å². The number of aromatic nitrogens is 2. The van der Waals surface area contributed by atoms with Crippen LogP contribution in [0.4, 0.5) is 4.39 Å². The maximum Gasteiger partial charge on any atom is 0.272 e. The first-order valence-corrected chi connectivity index (χ1v) is 10.4. The van der Waals surface area contributed by atoms with Gasteiger partial charge in [0.2, 0.25) is 0 Å². The minimum absolute atomic E-state index is 0.0331. The molecule has 2 aromatic carbocycles. The summed E-state index contributed by atoms with van der Waals surface area (Å²) >= 11 is 3.04.